The van der Waals surface area contributed by atoms with Crippen LogP contribution in [0.25, 0.3) is 0 Å². The van der Waals surface area contributed by atoms with Gasteiger partial charge in [0.25, 0.3) is 0 Å². The summed E-state index contributed by atoms with van der Waals surface area (Å²) >= 11 is 0. The lowest BCUT2D eigenvalue weighted by molar-refractivity contribution is -0.0936. The Morgan fingerprint density at radius 2 is 2.00 bits per heavy atom. The molecule has 0 N–H and O–H groups in total. The molecule has 1 fully saturated rings. The summed E-state index contributed by atoms with van der Waals surface area (Å²) in [6, 6.07) is 0. The Labute approximate surface area is 78.2 Å². The third-order valence-electron chi connectivity index (χ3n) is 2.35. The lowest BCUT2D eigenvalue weighted by Gasteiger charge is -2.34. The Morgan fingerprint density at radius 3 is 2.46 bits per heavy atom. The van der Waals surface area contributed by atoms with Crippen molar-refractivity contribution in [3.63, 3.8) is 0 Å². The molecule has 0 saturated carbocycles. The Hall–Kier alpha value is -0.770. The first kappa shape index (κ1) is 10.3. The van der Waals surface area contributed by atoms with E-state index in [0.29, 0.717) is 26.4 Å². The van der Waals surface area contributed by atoms with Gasteiger partial charge in [0, 0.05) is 6.61 Å². The number of cyclic esters (lactones) is 2. The summed E-state index contributed by atoms with van der Waals surface area (Å²) in [7, 11) is 0. The van der Waals surface area contributed by atoms with Crippen LogP contribution in [0.4, 0.5) is 4.79 Å². The minimum Gasteiger partial charge on any atom is -0.433 e. The summed E-state index contributed by atoms with van der Waals surface area (Å²) in [4.78, 5) is 10.7. The van der Waals surface area contributed by atoms with Gasteiger partial charge in [-0.3, -0.25) is 0 Å². The van der Waals surface area contributed by atoms with Gasteiger partial charge in [0.1, 0.15) is 13.2 Å². The van der Waals surface area contributed by atoms with E-state index in [9.17, 15) is 4.79 Å². The normalized spacial score (nSPS) is 20.6. The largest absolute Gasteiger partial charge is 0.508 e. The van der Waals surface area contributed by atoms with E-state index < -0.39 is 6.16 Å². The highest BCUT2D eigenvalue weighted by Gasteiger charge is 2.36. The lowest BCUT2D eigenvalue weighted by Crippen LogP contribution is -2.42. The average Bonchev–Trinajstić information content (AvgIpc) is 2.18. The lowest BCUT2D eigenvalue weighted by atomic mass is 9.87. The first-order valence-corrected chi connectivity index (χ1v) is 4.60. The second kappa shape index (κ2) is 4.46. The highest BCUT2D eigenvalue weighted by molar-refractivity contribution is 5.60. The Kier molecular flexibility index (Phi) is 3.54. The monoisotopic (exact) mass is 188 g/mol. The van der Waals surface area contributed by atoms with Crippen LogP contribution in [0, 0.1) is 5.41 Å². The molecule has 1 heterocycles. The summed E-state index contributed by atoms with van der Waals surface area (Å²) < 4.78 is 15.0. The van der Waals surface area contributed by atoms with E-state index in [4.69, 9.17) is 14.2 Å². The Morgan fingerprint density at radius 1 is 1.38 bits per heavy atom. The van der Waals surface area contributed by atoms with E-state index in [-0.39, 0.29) is 5.41 Å². The molecule has 0 aromatic heterocycles. The number of ether oxygens (including phenoxy) is 3. The van der Waals surface area contributed by atoms with Crippen LogP contribution in [-0.2, 0) is 14.2 Å². The minimum absolute atomic E-state index is 0.135. The van der Waals surface area contributed by atoms with Crippen LogP contribution in [0.5, 0.6) is 0 Å². The molecule has 0 spiro atoms. The number of carbonyl (C=O) groups is 1. The molecule has 0 aliphatic carbocycles. The van der Waals surface area contributed by atoms with Crippen molar-refractivity contribution in [2.75, 3.05) is 26.4 Å². The van der Waals surface area contributed by atoms with E-state index >= 15 is 0 Å². The molecule has 0 amide bonds. The van der Waals surface area contributed by atoms with Crippen LogP contribution in [0.15, 0.2) is 0 Å². The maximum Gasteiger partial charge on any atom is 0.508 e. The van der Waals surface area contributed by atoms with Crippen molar-refractivity contribution in [2.24, 2.45) is 5.41 Å². The molecule has 0 aromatic carbocycles. The van der Waals surface area contributed by atoms with Crippen molar-refractivity contribution in [3.05, 3.63) is 0 Å². The van der Waals surface area contributed by atoms with Gasteiger partial charge in [0.2, 0.25) is 0 Å². The average molecular weight is 188 g/mol. The van der Waals surface area contributed by atoms with Crippen LogP contribution >= 0.6 is 0 Å². The highest BCUT2D eigenvalue weighted by Crippen LogP contribution is 2.27. The van der Waals surface area contributed by atoms with Gasteiger partial charge in [-0.05, 0) is 13.3 Å². The first-order valence-electron chi connectivity index (χ1n) is 4.60. The van der Waals surface area contributed by atoms with Crippen LogP contribution in [0.2, 0.25) is 0 Å². The van der Waals surface area contributed by atoms with Crippen molar-refractivity contribution < 1.29 is 19.0 Å². The van der Waals surface area contributed by atoms with E-state index in [1.54, 1.807) is 0 Å². The molecule has 0 atom stereocenters. The van der Waals surface area contributed by atoms with E-state index in [1.807, 2.05) is 13.8 Å². The highest BCUT2D eigenvalue weighted by atomic mass is 16.7. The third-order valence-corrected chi connectivity index (χ3v) is 2.35. The minimum atomic E-state index is -0.569. The fourth-order valence-corrected chi connectivity index (χ4v) is 1.22. The van der Waals surface area contributed by atoms with Gasteiger partial charge in [-0.25, -0.2) is 4.79 Å². The van der Waals surface area contributed by atoms with Crippen LogP contribution < -0.4 is 0 Å². The zero-order valence-corrected chi connectivity index (χ0v) is 8.17. The van der Waals surface area contributed by atoms with E-state index in [2.05, 4.69) is 0 Å². The van der Waals surface area contributed by atoms with Crippen molar-refractivity contribution in [1.29, 1.82) is 0 Å². The maximum atomic E-state index is 10.7. The molecule has 1 aliphatic heterocycles. The van der Waals surface area contributed by atoms with Gasteiger partial charge >= 0.3 is 6.16 Å². The predicted molar refractivity (Wildman–Crippen MR) is 46.5 cm³/mol. The molecule has 1 saturated heterocycles. The van der Waals surface area contributed by atoms with Gasteiger partial charge in [-0.2, -0.15) is 0 Å². The topological polar surface area (TPSA) is 44.8 Å². The summed E-state index contributed by atoms with van der Waals surface area (Å²) in [5, 5.41) is 0. The summed E-state index contributed by atoms with van der Waals surface area (Å²) in [6.07, 6.45) is 0.320. The second-order valence-electron chi connectivity index (χ2n) is 3.32. The molecule has 1 rings (SSSR count). The van der Waals surface area contributed by atoms with Gasteiger partial charge < -0.3 is 14.2 Å². The van der Waals surface area contributed by atoms with Crippen molar-refractivity contribution in [3.8, 4) is 0 Å². The summed E-state index contributed by atoms with van der Waals surface area (Å²) in [5.41, 5.74) is -0.135. The molecule has 13 heavy (non-hydrogen) atoms. The number of rotatable bonds is 4. The molecule has 4 nitrogen and oxygen atoms in total. The smallest absolute Gasteiger partial charge is 0.433 e. The van der Waals surface area contributed by atoms with Crippen molar-refractivity contribution >= 4 is 6.16 Å². The molecular formula is C9H16O4. The number of hydrogen-bond acceptors (Lipinski definition) is 4. The SMILES string of the molecule is CCOCC1(CC)COC(=O)OC1. The molecule has 76 valence electrons. The molecule has 1 aliphatic rings. The van der Waals surface area contributed by atoms with Gasteiger partial charge in [-0.1, -0.05) is 6.92 Å². The van der Waals surface area contributed by atoms with Crippen LogP contribution in [0.3, 0.4) is 0 Å². The number of carbonyl (C=O) groups excluding carboxylic acids is 1. The third kappa shape index (κ3) is 2.59. The van der Waals surface area contributed by atoms with Gasteiger partial charge in [-0.15, -0.1) is 0 Å². The standard InChI is InChI=1S/C9H16O4/c1-3-9(5-11-4-2)6-12-8(10)13-7-9/h3-7H2,1-2H3. The molecule has 0 unspecified atom stereocenters. The van der Waals surface area contributed by atoms with Crippen LogP contribution in [0.1, 0.15) is 20.3 Å². The van der Waals surface area contributed by atoms with E-state index in [0.717, 1.165) is 6.42 Å². The van der Waals surface area contributed by atoms with Crippen molar-refractivity contribution in [2.45, 2.75) is 20.3 Å². The summed E-state index contributed by atoms with van der Waals surface area (Å²) in [5.74, 6) is 0. The van der Waals surface area contributed by atoms with Crippen LogP contribution in [-0.4, -0.2) is 32.6 Å². The fraction of sp³-hybridized carbons (Fsp3) is 0.889. The number of hydrogen-bond donors (Lipinski definition) is 0. The molecule has 4 heteroatoms. The fourth-order valence-electron chi connectivity index (χ4n) is 1.22. The maximum absolute atomic E-state index is 10.7. The molecule has 0 bridgehead atoms. The molecular weight excluding hydrogens is 172 g/mol. The zero-order valence-electron chi connectivity index (χ0n) is 8.17. The second-order valence-corrected chi connectivity index (χ2v) is 3.32. The quantitative estimate of drug-likeness (QED) is 0.628. The van der Waals surface area contributed by atoms with Crippen molar-refractivity contribution in [1.82, 2.24) is 0 Å². The molecule has 0 radical (unpaired) electrons. The Bertz CT molecular complexity index is 168. The zero-order chi connectivity index (χ0) is 9.73. The van der Waals surface area contributed by atoms with Gasteiger partial charge in [0.05, 0.1) is 12.0 Å². The molecule has 0 aromatic rings. The van der Waals surface area contributed by atoms with E-state index in [1.165, 1.54) is 0 Å². The Balaban J connectivity index is 2.44. The van der Waals surface area contributed by atoms with Gasteiger partial charge in [0.15, 0.2) is 0 Å². The first-order chi connectivity index (χ1) is 6.22. The summed E-state index contributed by atoms with van der Waals surface area (Å²) in [6.45, 7) is 6.06. The predicted octanol–water partition coefficient (Wildman–Crippen LogP) is 1.59.